The number of carbonyl (C=O) groups excluding carboxylic acids is 1. The van der Waals surface area contributed by atoms with E-state index in [4.69, 9.17) is 5.11 Å². The van der Waals surface area contributed by atoms with Crippen LogP contribution in [-0.2, 0) is 4.79 Å². The van der Waals surface area contributed by atoms with Gasteiger partial charge in [0, 0.05) is 22.5 Å². The van der Waals surface area contributed by atoms with Crippen LogP contribution in [0, 0.1) is 0 Å². The summed E-state index contributed by atoms with van der Waals surface area (Å²) in [6.45, 7) is 0. The summed E-state index contributed by atoms with van der Waals surface area (Å²) in [5, 5.41) is 20.1. The summed E-state index contributed by atoms with van der Waals surface area (Å²) in [5.74, 6) is -0.980. The molecule has 7 heteroatoms. The minimum Gasteiger partial charge on any atom is -0.478 e. The van der Waals surface area contributed by atoms with Gasteiger partial charge in [-0.05, 0) is 24.3 Å². The lowest BCUT2D eigenvalue weighted by molar-refractivity contribution is -0.131. The number of hydrogen-bond acceptors (Lipinski definition) is 5. The monoisotopic (exact) mass is 275 g/mol. The molecule has 0 aliphatic heterocycles. The van der Waals surface area contributed by atoms with Crippen molar-refractivity contribution in [2.24, 2.45) is 0 Å². The van der Waals surface area contributed by atoms with Crippen molar-refractivity contribution in [3.8, 4) is 0 Å². The fourth-order valence-corrected chi connectivity index (χ4v) is 2.05. The van der Waals surface area contributed by atoms with Crippen molar-refractivity contribution < 1.29 is 14.7 Å². The Labute approximate surface area is 112 Å². The van der Waals surface area contributed by atoms with Crippen molar-refractivity contribution in [3.05, 3.63) is 46.3 Å². The van der Waals surface area contributed by atoms with Gasteiger partial charge in [0.05, 0.1) is 5.56 Å². The number of carbonyl (C=O) groups is 2. The smallest absolute Gasteiger partial charge is 0.328 e. The molecule has 0 aromatic carbocycles. The third kappa shape index (κ3) is 3.71. The van der Waals surface area contributed by atoms with Crippen molar-refractivity contribution in [2.45, 2.75) is 0 Å². The molecule has 2 aromatic rings. The molecule has 2 heterocycles. The molecule has 0 bridgehead atoms. The number of amides is 1. The van der Waals surface area contributed by atoms with Gasteiger partial charge < -0.3 is 10.4 Å². The maximum Gasteiger partial charge on any atom is 0.328 e. The largest absolute Gasteiger partial charge is 0.478 e. The lowest BCUT2D eigenvalue weighted by Gasteiger charge is -2.00. The zero-order valence-corrected chi connectivity index (χ0v) is 10.4. The van der Waals surface area contributed by atoms with Gasteiger partial charge in [-0.2, -0.15) is 5.10 Å². The zero-order valence-electron chi connectivity index (χ0n) is 9.61. The highest BCUT2D eigenvalue weighted by Gasteiger charge is 2.08. The number of anilines is 1. The number of nitrogens with one attached hydrogen (secondary N) is 1. The van der Waals surface area contributed by atoms with Gasteiger partial charge in [-0.3, -0.25) is 4.79 Å². The molecule has 0 saturated heterocycles. The maximum absolute atomic E-state index is 11.9. The molecule has 19 heavy (non-hydrogen) atoms. The summed E-state index contributed by atoms with van der Waals surface area (Å²) in [5.41, 5.74) is 0.445. The second-order valence-corrected chi connectivity index (χ2v) is 4.42. The van der Waals surface area contributed by atoms with Crippen LogP contribution in [0.3, 0.4) is 0 Å². The molecule has 0 aliphatic carbocycles. The Balaban J connectivity index is 2.06. The minimum atomic E-state index is -1.03. The quantitative estimate of drug-likeness (QED) is 0.831. The number of nitrogens with zero attached hydrogens (tertiary/aromatic N) is 2. The molecule has 0 unspecified atom stereocenters. The van der Waals surface area contributed by atoms with Crippen LogP contribution in [0.4, 0.5) is 5.82 Å². The molecule has 0 fully saturated rings. The number of carboxylic acids is 1. The third-order valence-electron chi connectivity index (χ3n) is 2.09. The van der Waals surface area contributed by atoms with Crippen molar-refractivity contribution >= 4 is 35.1 Å². The number of thiophene rings is 1. The van der Waals surface area contributed by atoms with Gasteiger partial charge in [0.15, 0.2) is 5.82 Å². The van der Waals surface area contributed by atoms with Gasteiger partial charge in [-0.25, -0.2) is 4.79 Å². The first-order valence-electron chi connectivity index (χ1n) is 5.24. The minimum absolute atomic E-state index is 0.313. The third-order valence-corrected chi connectivity index (χ3v) is 2.98. The normalized spacial score (nSPS) is 10.5. The second kappa shape index (κ2) is 5.87. The van der Waals surface area contributed by atoms with Gasteiger partial charge in [0.2, 0.25) is 0 Å². The highest BCUT2D eigenvalue weighted by molar-refractivity contribution is 7.11. The standard InChI is InChI=1S/C12H9N3O3S/c16-11(17)4-3-9-6-8(7-19-9)12(18)14-10-2-1-5-13-15-10/h1-7H,(H,16,17)(H,14,15,18)/b4-3+. The Kier molecular flexibility index (Phi) is 3.99. The maximum atomic E-state index is 11.9. The van der Waals surface area contributed by atoms with Crippen molar-refractivity contribution in [3.63, 3.8) is 0 Å². The first-order chi connectivity index (χ1) is 9.15. The predicted octanol–water partition coefficient (Wildman–Crippen LogP) is 1.89. The average Bonchev–Trinajstić information content (AvgIpc) is 2.86. The van der Waals surface area contributed by atoms with E-state index in [1.807, 2.05) is 0 Å². The molecular formula is C12H9N3O3S. The molecule has 96 valence electrons. The Morgan fingerprint density at radius 2 is 2.26 bits per heavy atom. The SMILES string of the molecule is O=C(O)/C=C/c1cc(C(=O)Nc2cccnn2)cs1. The van der Waals surface area contributed by atoms with Gasteiger partial charge in [-0.1, -0.05) is 0 Å². The fraction of sp³-hybridized carbons (Fsp3) is 0. The zero-order chi connectivity index (χ0) is 13.7. The molecule has 0 saturated carbocycles. The van der Waals surface area contributed by atoms with E-state index in [-0.39, 0.29) is 5.91 Å². The Morgan fingerprint density at radius 3 is 2.95 bits per heavy atom. The van der Waals surface area contributed by atoms with Crippen LogP contribution in [-0.4, -0.2) is 27.2 Å². The molecule has 0 spiro atoms. The van der Waals surface area contributed by atoms with Crippen molar-refractivity contribution in [2.75, 3.05) is 5.32 Å². The van der Waals surface area contributed by atoms with Crippen molar-refractivity contribution in [1.82, 2.24) is 10.2 Å². The number of aromatic nitrogens is 2. The predicted molar refractivity (Wildman–Crippen MR) is 71.0 cm³/mol. The molecule has 2 N–H and O–H groups in total. The molecule has 6 nitrogen and oxygen atoms in total. The molecule has 0 atom stereocenters. The van der Waals surface area contributed by atoms with Crippen LogP contribution in [0.5, 0.6) is 0 Å². The van der Waals surface area contributed by atoms with Gasteiger partial charge in [-0.15, -0.1) is 16.4 Å². The first-order valence-corrected chi connectivity index (χ1v) is 6.12. The average molecular weight is 275 g/mol. The molecule has 0 radical (unpaired) electrons. The van der Waals surface area contributed by atoms with Crippen LogP contribution < -0.4 is 5.32 Å². The van der Waals surface area contributed by atoms with Crippen LogP contribution in [0.15, 0.2) is 35.9 Å². The van der Waals surface area contributed by atoms with E-state index in [0.717, 1.165) is 6.08 Å². The number of rotatable bonds is 4. The van der Waals surface area contributed by atoms with E-state index in [9.17, 15) is 9.59 Å². The van der Waals surface area contributed by atoms with Crippen LogP contribution >= 0.6 is 11.3 Å². The highest BCUT2D eigenvalue weighted by atomic mass is 32.1. The van der Waals surface area contributed by atoms with Crippen molar-refractivity contribution in [1.29, 1.82) is 0 Å². The van der Waals surface area contributed by atoms with Gasteiger partial charge >= 0.3 is 5.97 Å². The summed E-state index contributed by atoms with van der Waals surface area (Å²) in [4.78, 5) is 22.9. The molecule has 0 aliphatic rings. The summed E-state index contributed by atoms with van der Waals surface area (Å²) in [6, 6.07) is 4.90. The molecule has 2 aromatic heterocycles. The first kappa shape index (κ1) is 12.9. The molecule has 1 amide bonds. The Bertz CT molecular complexity index is 622. The van der Waals surface area contributed by atoms with E-state index in [1.54, 1.807) is 23.6 Å². The fourth-order valence-electron chi connectivity index (χ4n) is 1.27. The topological polar surface area (TPSA) is 92.2 Å². The van der Waals surface area contributed by atoms with E-state index in [1.165, 1.54) is 23.6 Å². The highest BCUT2D eigenvalue weighted by Crippen LogP contribution is 2.17. The summed E-state index contributed by atoms with van der Waals surface area (Å²) in [7, 11) is 0. The van der Waals surface area contributed by atoms with Crippen LogP contribution in [0.2, 0.25) is 0 Å². The lowest BCUT2D eigenvalue weighted by atomic mass is 10.3. The lowest BCUT2D eigenvalue weighted by Crippen LogP contribution is -2.12. The van der Waals surface area contributed by atoms with Crippen LogP contribution in [0.25, 0.3) is 6.08 Å². The van der Waals surface area contributed by atoms with E-state index < -0.39 is 5.97 Å². The molecule has 2 rings (SSSR count). The van der Waals surface area contributed by atoms with Gasteiger partial charge in [0.25, 0.3) is 5.91 Å². The number of hydrogen-bond donors (Lipinski definition) is 2. The molecular weight excluding hydrogens is 266 g/mol. The Morgan fingerprint density at radius 1 is 1.42 bits per heavy atom. The Hall–Kier alpha value is -2.54. The van der Waals surface area contributed by atoms with Crippen LogP contribution in [0.1, 0.15) is 15.2 Å². The summed E-state index contributed by atoms with van der Waals surface area (Å²) < 4.78 is 0. The number of aliphatic carboxylic acids is 1. The summed E-state index contributed by atoms with van der Waals surface area (Å²) in [6.07, 6.45) is 3.97. The van der Waals surface area contributed by atoms with E-state index in [0.29, 0.717) is 16.3 Å². The number of carboxylic acid groups (broad SMARTS) is 1. The van der Waals surface area contributed by atoms with E-state index in [2.05, 4.69) is 15.5 Å². The summed E-state index contributed by atoms with van der Waals surface area (Å²) >= 11 is 1.28. The van der Waals surface area contributed by atoms with E-state index >= 15 is 0 Å². The second-order valence-electron chi connectivity index (χ2n) is 3.47. The van der Waals surface area contributed by atoms with Gasteiger partial charge in [0.1, 0.15) is 0 Å².